The summed E-state index contributed by atoms with van der Waals surface area (Å²) in [5, 5.41) is 9.03. The van der Waals surface area contributed by atoms with Crippen molar-refractivity contribution in [3.8, 4) is 0 Å². The maximum Gasteiger partial charge on any atom is 1.00 e. The number of aliphatic carboxylic acids is 1. The third kappa shape index (κ3) is 7.97. The van der Waals surface area contributed by atoms with Crippen LogP contribution < -0.4 is 18.9 Å². The number of carboxylic acid groups (broad SMARTS) is 1. The summed E-state index contributed by atoms with van der Waals surface area (Å²) in [5.41, 5.74) is 0.766. The van der Waals surface area contributed by atoms with Crippen LogP contribution in [0.25, 0.3) is 0 Å². The van der Waals surface area contributed by atoms with Crippen LogP contribution in [0, 0.1) is 6.07 Å². The van der Waals surface area contributed by atoms with Crippen molar-refractivity contribution in [2.75, 3.05) is 0 Å². The SMILES string of the molecule is O=C(O)Cc1ccc(Cl)cc1.[Li+].[c-]1ccccc1. The van der Waals surface area contributed by atoms with Crippen LogP contribution in [-0.2, 0) is 11.2 Å². The Bertz CT molecular complexity index is 416. The molecule has 88 valence electrons. The molecule has 4 heteroatoms. The van der Waals surface area contributed by atoms with Gasteiger partial charge in [0.05, 0.1) is 6.42 Å². The zero-order chi connectivity index (χ0) is 12.5. The van der Waals surface area contributed by atoms with Crippen LogP contribution in [-0.4, -0.2) is 11.1 Å². The Labute approximate surface area is 124 Å². The number of halogens is 1. The fourth-order valence-corrected chi connectivity index (χ4v) is 1.24. The van der Waals surface area contributed by atoms with Crippen LogP contribution in [0.5, 0.6) is 0 Å². The molecule has 0 radical (unpaired) electrons. The summed E-state index contributed by atoms with van der Waals surface area (Å²) >= 11 is 5.60. The van der Waals surface area contributed by atoms with Gasteiger partial charge in [0.1, 0.15) is 0 Å². The van der Waals surface area contributed by atoms with Gasteiger partial charge in [-0.25, -0.2) is 0 Å². The third-order valence-corrected chi connectivity index (χ3v) is 2.13. The van der Waals surface area contributed by atoms with Crippen LogP contribution in [0.4, 0.5) is 0 Å². The maximum atomic E-state index is 10.2. The Hall–Kier alpha value is -1.20. The van der Waals surface area contributed by atoms with Gasteiger partial charge in [0, 0.05) is 5.02 Å². The fraction of sp³-hybridized carbons (Fsp3) is 0.0714. The normalized spacial score (nSPS) is 8.50. The average Bonchev–Trinajstić information content (AvgIpc) is 2.35. The zero-order valence-electron chi connectivity index (χ0n) is 10.1. The minimum Gasteiger partial charge on any atom is -0.481 e. The zero-order valence-corrected chi connectivity index (χ0v) is 10.9. The Morgan fingerprint density at radius 3 is 2.00 bits per heavy atom. The molecule has 0 aliphatic heterocycles. The molecule has 0 bridgehead atoms. The van der Waals surface area contributed by atoms with Gasteiger partial charge in [-0.1, -0.05) is 23.7 Å². The van der Waals surface area contributed by atoms with Crippen molar-refractivity contribution in [2.45, 2.75) is 6.42 Å². The number of hydrogen-bond donors (Lipinski definition) is 1. The first-order chi connectivity index (χ1) is 8.18. The van der Waals surface area contributed by atoms with Crippen LogP contribution in [0.15, 0.2) is 54.6 Å². The van der Waals surface area contributed by atoms with E-state index in [1.54, 1.807) is 24.3 Å². The number of benzene rings is 2. The van der Waals surface area contributed by atoms with Gasteiger partial charge in [0.25, 0.3) is 0 Å². The Morgan fingerprint density at radius 2 is 1.67 bits per heavy atom. The van der Waals surface area contributed by atoms with E-state index in [2.05, 4.69) is 6.07 Å². The monoisotopic (exact) mass is 254 g/mol. The molecule has 0 fully saturated rings. The van der Waals surface area contributed by atoms with Crippen molar-refractivity contribution in [1.29, 1.82) is 0 Å². The van der Waals surface area contributed by atoms with E-state index < -0.39 is 5.97 Å². The van der Waals surface area contributed by atoms with Crippen molar-refractivity contribution in [2.24, 2.45) is 0 Å². The predicted molar refractivity (Wildman–Crippen MR) is 68.1 cm³/mol. The van der Waals surface area contributed by atoms with Gasteiger partial charge in [-0.15, -0.1) is 0 Å². The molecule has 2 nitrogen and oxygen atoms in total. The molecule has 0 aliphatic rings. The molecule has 0 amide bonds. The van der Waals surface area contributed by atoms with Crippen LogP contribution in [0.2, 0.25) is 5.02 Å². The average molecular weight is 255 g/mol. The number of hydrogen-bond acceptors (Lipinski definition) is 1. The Balaban J connectivity index is 0.000000352. The second-order valence-electron chi connectivity index (χ2n) is 3.27. The second-order valence-corrected chi connectivity index (χ2v) is 3.71. The molecular formula is C14H12ClLiO2. The van der Waals surface area contributed by atoms with Crippen molar-refractivity contribution in [3.63, 3.8) is 0 Å². The molecule has 2 aromatic rings. The quantitative estimate of drug-likeness (QED) is 0.624. The smallest absolute Gasteiger partial charge is 0.481 e. The van der Waals surface area contributed by atoms with E-state index in [1.807, 2.05) is 30.3 Å². The van der Waals surface area contributed by atoms with E-state index in [4.69, 9.17) is 16.7 Å². The van der Waals surface area contributed by atoms with E-state index >= 15 is 0 Å². The molecule has 0 aliphatic carbocycles. The van der Waals surface area contributed by atoms with Gasteiger partial charge in [0.2, 0.25) is 0 Å². The Kier molecular flexibility index (Phi) is 9.14. The minimum absolute atomic E-state index is 0. The topological polar surface area (TPSA) is 37.3 Å². The first-order valence-corrected chi connectivity index (χ1v) is 5.43. The fourth-order valence-electron chi connectivity index (χ4n) is 1.12. The summed E-state index contributed by atoms with van der Waals surface area (Å²) in [6.45, 7) is 0. The van der Waals surface area contributed by atoms with E-state index in [9.17, 15) is 4.79 Å². The number of rotatable bonds is 2. The van der Waals surface area contributed by atoms with Gasteiger partial charge >= 0.3 is 24.8 Å². The summed E-state index contributed by atoms with van der Waals surface area (Å²) in [5.74, 6) is -0.827. The van der Waals surface area contributed by atoms with E-state index in [0.717, 1.165) is 5.56 Å². The molecule has 2 aromatic carbocycles. The number of carboxylic acids is 1. The molecule has 0 saturated heterocycles. The second kappa shape index (κ2) is 9.79. The van der Waals surface area contributed by atoms with Crippen molar-refractivity contribution in [1.82, 2.24) is 0 Å². The molecular weight excluding hydrogens is 243 g/mol. The molecule has 0 spiro atoms. The minimum atomic E-state index is -0.827. The van der Waals surface area contributed by atoms with Crippen molar-refractivity contribution in [3.05, 3.63) is 71.2 Å². The van der Waals surface area contributed by atoms with Crippen LogP contribution >= 0.6 is 11.6 Å². The molecule has 0 atom stereocenters. The largest absolute Gasteiger partial charge is 1.00 e. The molecule has 2 rings (SSSR count). The standard InChI is InChI=1S/C8H7ClO2.C6H5.Li/c9-7-3-1-6(2-4-7)5-8(10)11;1-2-4-6-5-3-1;/h1-4H,5H2,(H,10,11);1-5H;/q;-1;+1. The molecule has 0 saturated carbocycles. The summed E-state index contributed by atoms with van der Waals surface area (Å²) in [6.07, 6.45) is 0.0527. The molecule has 0 aromatic heterocycles. The van der Waals surface area contributed by atoms with E-state index in [0.29, 0.717) is 5.02 Å². The van der Waals surface area contributed by atoms with E-state index in [1.165, 1.54) is 0 Å². The van der Waals surface area contributed by atoms with Gasteiger partial charge in [-0.3, -0.25) is 4.79 Å². The predicted octanol–water partition coefficient (Wildman–Crippen LogP) is 0.458. The molecule has 1 N–H and O–H groups in total. The Morgan fingerprint density at radius 1 is 1.11 bits per heavy atom. The van der Waals surface area contributed by atoms with Gasteiger partial charge < -0.3 is 5.11 Å². The number of carbonyl (C=O) groups is 1. The molecule has 18 heavy (non-hydrogen) atoms. The van der Waals surface area contributed by atoms with Gasteiger partial charge in [-0.2, -0.15) is 36.4 Å². The summed E-state index contributed by atoms with van der Waals surface area (Å²) < 4.78 is 0. The first kappa shape index (κ1) is 16.8. The van der Waals surface area contributed by atoms with Crippen LogP contribution in [0.1, 0.15) is 5.56 Å². The first-order valence-electron chi connectivity index (χ1n) is 5.06. The summed E-state index contributed by atoms with van der Waals surface area (Å²) in [4.78, 5) is 10.2. The van der Waals surface area contributed by atoms with Crippen molar-refractivity contribution >= 4 is 17.6 Å². The van der Waals surface area contributed by atoms with Gasteiger partial charge in [0.15, 0.2) is 0 Å². The third-order valence-electron chi connectivity index (χ3n) is 1.88. The maximum absolute atomic E-state index is 10.2. The van der Waals surface area contributed by atoms with Gasteiger partial charge in [-0.05, 0) is 17.7 Å². The van der Waals surface area contributed by atoms with Crippen molar-refractivity contribution < 1.29 is 28.8 Å². The summed E-state index contributed by atoms with van der Waals surface area (Å²) in [6, 6.07) is 19.3. The summed E-state index contributed by atoms with van der Waals surface area (Å²) in [7, 11) is 0. The van der Waals surface area contributed by atoms with Crippen LogP contribution in [0.3, 0.4) is 0 Å². The van der Waals surface area contributed by atoms with E-state index in [-0.39, 0.29) is 25.3 Å². The molecule has 0 heterocycles. The molecule has 0 unspecified atom stereocenters.